The Hall–Kier alpha value is -3.47. The van der Waals surface area contributed by atoms with E-state index < -0.39 is 34.8 Å². The van der Waals surface area contributed by atoms with E-state index in [1.165, 1.54) is 49.7 Å². The third-order valence-electron chi connectivity index (χ3n) is 4.98. The molecule has 0 aliphatic heterocycles. The van der Waals surface area contributed by atoms with Gasteiger partial charge in [0.1, 0.15) is 5.82 Å². The Balaban J connectivity index is 1.83. The molecule has 0 spiro atoms. The molecule has 8 nitrogen and oxygen atoms in total. The standard InChI is InChI=1S/C24H23ClFN3O5S/c1-16-6-9-18(10-7-16)35(32,33)29(14-19-20(25)4-3-5-21(19)26)15-24(31)28-27-13-17-8-11-22(30)23(12-17)34-2/h3-13,30H,14-15H2,1-2H3,(H,28,31)/b27-13-. The molecule has 3 aromatic rings. The van der Waals surface area contributed by atoms with E-state index in [0.29, 0.717) is 5.56 Å². The number of sulfonamides is 1. The number of aryl methyl sites for hydroxylation is 1. The summed E-state index contributed by atoms with van der Waals surface area (Å²) in [5.41, 5.74) is 3.57. The number of nitrogens with one attached hydrogen (secondary N) is 1. The molecule has 3 rings (SSSR count). The highest BCUT2D eigenvalue weighted by atomic mass is 35.5. The van der Waals surface area contributed by atoms with E-state index in [2.05, 4.69) is 10.5 Å². The van der Waals surface area contributed by atoms with Crippen LogP contribution in [0.2, 0.25) is 5.02 Å². The molecule has 3 aromatic carbocycles. The average molecular weight is 520 g/mol. The van der Waals surface area contributed by atoms with E-state index in [1.807, 2.05) is 6.92 Å². The quantitative estimate of drug-likeness (QED) is 0.330. The Labute approximate surface area is 207 Å². The lowest BCUT2D eigenvalue weighted by Crippen LogP contribution is -2.39. The van der Waals surface area contributed by atoms with Crippen LogP contribution in [0.5, 0.6) is 11.5 Å². The van der Waals surface area contributed by atoms with Crippen LogP contribution in [-0.4, -0.2) is 43.6 Å². The van der Waals surface area contributed by atoms with E-state index in [4.69, 9.17) is 16.3 Å². The van der Waals surface area contributed by atoms with Gasteiger partial charge < -0.3 is 9.84 Å². The first kappa shape index (κ1) is 26.1. The van der Waals surface area contributed by atoms with Gasteiger partial charge in [-0.3, -0.25) is 4.79 Å². The van der Waals surface area contributed by atoms with Gasteiger partial charge in [0.25, 0.3) is 5.91 Å². The van der Waals surface area contributed by atoms with Crippen LogP contribution in [0.25, 0.3) is 0 Å². The monoisotopic (exact) mass is 519 g/mol. The third kappa shape index (κ3) is 6.56. The molecule has 2 N–H and O–H groups in total. The first-order valence-corrected chi connectivity index (χ1v) is 12.1. The molecule has 0 saturated heterocycles. The van der Waals surface area contributed by atoms with E-state index >= 15 is 0 Å². The lowest BCUT2D eigenvalue weighted by Gasteiger charge is -2.22. The predicted molar refractivity (Wildman–Crippen MR) is 131 cm³/mol. The van der Waals surface area contributed by atoms with Crippen LogP contribution >= 0.6 is 11.6 Å². The van der Waals surface area contributed by atoms with Crippen molar-refractivity contribution >= 4 is 33.7 Å². The summed E-state index contributed by atoms with van der Waals surface area (Å²) < 4.78 is 46.9. The van der Waals surface area contributed by atoms with E-state index in [9.17, 15) is 22.7 Å². The summed E-state index contributed by atoms with van der Waals surface area (Å²) in [6.45, 7) is 0.702. The number of aromatic hydroxyl groups is 1. The molecule has 0 atom stereocenters. The van der Waals surface area contributed by atoms with Crippen molar-refractivity contribution in [3.8, 4) is 11.5 Å². The maximum absolute atomic E-state index is 14.4. The molecule has 0 aromatic heterocycles. The molecule has 11 heteroatoms. The number of nitrogens with zero attached hydrogens (tertiary/aromatic N) is 2. The van der Waals surface area contributed by atoms with Crippen molar-refractivity contribution in [2.75, 3.05) is 13.7 Å². The number of carbonyl (C=O) groups excluding carboxylic acids is 1. The van der Waals surface area contributed by atoms with Gasteiger partial charge >= 0.3 is 0 Å². The fourth-order valence-electron chi connectivity index (χ4n) is 3.09. The normalized spacial score (nSPS) is 11.7. The van der Waals surface area contributed by atoms with Gasteiger partial charge in [0, 0.05) is 17.1 Å². The Morgan fingerprint density at radius 1 is 1.20 bits per heavy atom. The number of hydrogen-bond donors (Lipinski definition) is 2. The van der Waals surface area contributed by atoms with Crippen molar-refractivity contribution in [3.63, 3.8) is 0 Å². The van der Waals surface area contributed by atoms with Crippen molar-refractivity contribution < 1.29 is 27.4 Å². The zero-order valence-electron chi connectivity index (χ0n) is 18.9. The van der Waals surface area contributed by atoms with Gasteiger partial charge in [-0.15, -0.1) is 0 Å². The fraction of sp³-hybridized carbons (Fsp3) is 0.167. The number of ether oxygens (including phenoxy) is 1. The second-order valence-corrected chi connectivity index (χ2v) is 9.86. The summed E-state index contributed by atoms with van der Waals surface area (Å²) in [7, 11) is -2.79. The number of phenols is 1. The van der Waals surface area contributed by atoms with Gasteiger partial charge in [-0.2, -0.15) is 9.41 Å². The molecule has 0 unspecified atom stereocenters. The molecule has 0 heterocycles. The summed E-state index contributed by atoms with van der Waals surface area (Å²) in [6.07, 6.45) is 1.30. The maximum atomic E-state index is 14.4. The summed E-state index contributed by atoms with van der Waals surface area (Å²) >= 11 is 6.10. The molecule has 0 fully saturated rings. The molecular formula is C24H23ClFN3O5S. The molecule has 0 aliphatic rings. The van der Waals surface area contributed by atoms with Crippen molar-refractivity contribution in [1.82, 2.24) is 9.73 Å². The number of rotatable bonds is 9. The number of amides is 1. The highest BCUT2D eigenvalue weighted by Crippen LogP contribution is 2.26. The smallest absolute Gasteiger partial charge is 0.255 e. The van der Waals surface area contributed by atoms with Crippen molar-refractivity contribution in [3.05, 3.63) is 88.2 Å². The van der Waals surface area contributed by atoms with Crippen LogP contribution in [0.3, 0.4) is 0 Å². The predicted octanol–water partition coefficient (Wildman–Crippen LogP) is 3.84. The van der Waals surface area contributed by atoms with Gasteiger partial charge in [0.05, 0.1) is 24.8 Å². The summed E-state index contributed by atoms with van der Waals surface area (Å²) in [4.78, 5) is 12.5. The van der Waals surface area contributed by atoms with Crippen molar-refractivity contribution in [1.29, 1.82) is 0 Å². The highest BCUT2D eigenvalue weighted by Gasteiger charge is 2.28. The third-order valence-corrected chi connectivity index (χ3v) is 7.14. The largest absolute Gasteiger partial charge is 0.504 e. The second-order valence-electron chi connectivity index (χ2n) is 7.51. The van der Waals surface area contributed by atoms with Gasteiger partial charge in [-0.25, -0.2) is 18.2 Å². The summed E-state index contributed by atoms with van der Waals surface area (Å²) in [6, 6.07) is 14.5. The van der Waals surface area contributed by atoms with Crippen LogP contribution in [0.4, 0.5) is 4.39 Å². The number of hydrogen-bond acceptors (Lipinski definition) is 6. The minimum Gasteiger partial charge on any atom is -0.504 e. The lowest BCUT2D eigenvalue weighted by molar-refractivity contribution is -0.121. The van der Waals surface area contributed by atoms with Crippen LogP contribution in [-0.2, 0) is 21.4 Å². The van der Waals surface area contributed by atoms with Crippen LogP contribution in [0.15, 0.2) is 70.7 Å². The van der Waals surface area contributed by atoms with Crippen molar-refractivity contribution in [2.45, 2.75) is 18.4 Å². The summed E-state index contributed by atoms with van der Waals surface area (Å²) in [5.74, 6) is -1.29. The highest BCUT2D eigenvalue weighted by molar-refractivity contribution is 7.89. The Kier molecular flexibility index (Phi) is 8.44. The zero-order valence-corrected chi connectivity index (χ0v) is 20.5. The second kappa shape index (κ2) is 11.3. The fourth-order valence-corrected chi connectivity index (χ4v) is 4.68. The van der Waals surface area contributed by atoms with E-state index in [0.717, 1.165) is 15.9 Å². The van der Waals surface area contributed by atoms with Gasteiger partial charge in [-0.05, 0) is 55.0 Å². The molecule has 35 heavy (non-hydrogen) atoms. The number of halogens is 2. The minimum atomic E-state index is -4.18. The van der Waals surface area contributed by atoms with Crippen LogP contribution in [0, 0.1) is 12.7 Å². The molecular weight excluding hydrogens is 497 g/mol. The number of carbonyl (C=O) groups is 1. The number of methoxy groups -OCH3 is 1. The minimum absolute atomic E-state index is 0.0359. The van der Waals surface area contributed by atoms with Gasteiger partial charge in [-0.1, -0.05) is 35.4 Å². The molecule has 0 radical (unpaired) electrons. The first-order valence-electron chi connectivity index (χ1n) is 10.3. The Morgan fingerprint density at radius 3 is 2.57 bits per heavy atom. The average Bonchev–Trinajstić information content (AvgIpc) is 2.82. The van der Waals surface area contributed by atoms with Gasteiger partial charge in [0.15, 0.2) is 11.5 Å². The number of hydrazone groups is 1. The molecule has 0 saturated carbocycles. The van der Waals surface area contributed by atoms with Crippen molar-refractivity contribution in [2.24, 2.45) is 5.10 Å². The molecule has 184 valence electrons. The van der Waals surface area contributed by atoms with Crippen LogP contribution in [0.1, 0.15) is 16.7 Å². The maximum Gasteiger partial charge on any atom is 0.255 e. The Bertz CT molecular complexity index is 1330. The number of benzene rings is 3. The van der Waals surface area contributed by atoms with Gasteiger partial charge in [0.2, 0.25) is 10.0 Å². The zero-order chi connectivity index (χ0) is 25.6. The molecule has 0 bridgehead atoms. The topological polar surface area (TPSA) is 108 Å². The SMILES string of the molecule is COc1cc(/C=N\NC(=O)CN(Cc2c(F)cccc2Cl)S(=O)(=O)c2ccc(C)cc2)ccc1O. The van der Waals surface area contributed by atoms with E-state index in [1.54, 1.807) is 18.2 Å². The Morgan fingerprint density at radius 2 is 1.91 bits per heavy atom. The first-order chi connectivity index (χ1) is 16.6. The number of phenolic OH excluding ortho intramolecular Hbond substituents is 1. The molecule has 0 aliphatic carbocycles. The lowest BCUT2D eigenvalue weighted by atomic mass is 10.2. The molecule has 1 amide bonds. The van der Waals surface area contributed by atoms with E-state index in [-0.39, 0.29) is 27.0 Å². The van der Waals surface area contributed by atoms with Crippen LogP contribution < -0.4 is 10.2 Å². The summed E-state index contributed by atoms with van der Waals surface area (Å²) in [5, 5.41) is 13.5.